The molecule has 23 heavy (non-hydrogen) atoms. The molecule has 0 spiro atoms. The summed E-state index contributed by atoms with van der Waals surface area (Å²) in [6.07, 6.45) is 3.72. The highest BCUT2D eigenvalue weighted by Gasteiger charge is 2.14. The maximum absolute atomic E-state index is 6.03. The zero-order chi connectivity index (χ0) is 16.8. The van der Waals surface area contributed by atoms with Crippen LogP contribution >= 0.6 is 0 Å². The number of nitrogens with one attached hydrogen (secondary N) is 1. The predicted octanol–water partition coefficient (Wildman–Crippen LogP) is 5.04. The van der Waals surface area contributed by atoms with Crippen molar-refractivity contribution in [2.24, 2.45) is 0 Å². The van der Waals surface area contributed by atoms with Crippen LogP contribution in [0.5, 0.6) is 5.75 Å². The number of unbranched alkanes of at least 4 members (excludes halogenated alkanes) is 1. The van der Waals surface area contributed by atoms with Gasteiger partial charge in [-0.2, -0.15) is 0 Å². The molecular formula is C20H32N2O. The van der Waals surface area contributed by atoms with E-state index in [-0.39, 0.29) is 6.10 Å². The molecule has 0 bridgehead atoms. The SMILES string of the molecule is CCCCn1c(C)c(CNCC)c2cc(O[C@@H](C)CC)ccc21. The molecule has 1 aromatic carbocycles. The van der Waals surface area contributed by atoms with E-state index in [1.807, 2.05) is 0 Å². The zero-order valence-corrected chi connectivity index (χ0v) is 15.4. The molecule has 0 saturated carbocycles. The van der Waals surface area contributed by atoms with E-state index in [9.17, 15) is 0 Å². The van der Waals surface area contributed by atoms with Crippen molar-refractivity contribution in [3.63, 3.8) is 0 Å². The van der Waals surface area contributed by atoms with Gasteiger partial charge in [-0.25, -0.2) is 0 Å². The number of ether oxygens (including phenoxy) is 1. The summed E-state index contributed by atoms with van der Waals surface area (Å²) in [7, 11) is 0. The summed E-state index contributed by atoms with van der Waals surface area (Å²) < 4.78 is 8.50. The lowest BCUT2D eigenvalue weighted by molar-refractivity contribution is 0.217. The summed E-state index contributed by atoms with van der Waals surface area (Å²) in [5.41, 5.74) is 4.13. The first-order chi connectivity index (χ1) is 11.1. The van der Waals surface area contributed by atoms with E-state index in [1.165, 1.54) is 35.0 Å². The second-order valence-electron chi connectivity index (χ2n) is 6.37. The van der Waals surface area contributed by atoms with Gasteiger partial charge in [-0.15, -0.1) is 0 Å². The maximum atomic E-state index is 6.03. The number of aromatic nitrogens is 1. The van der Waals surface area contributed by atoms with Gasteiger partial charge in [0.1, 0.15) is 5.75 Å². The van der Waals surface area contributed by atoms with Crippen LogP contribution in [0.1, 0.15) is 58.2 Å². The second kappa shape index (κ2) is 8.39. The number of hydrogen-bond donors (Lipinski definition) is 1. The summed E-state index contributed by atoms with van der Waals surface area (Å²) in [6, 6.07) is 6.57. The van der Waals surface area contributed by atoms with Crippen LogP contribution in [-0.2, 0) is 13.1 Å². The van der Waals surface area contributed by atoms with Crippen LogP contribution in [0.25, 0.3) is 10.9 Å². The summed E-state index contributed by atoms with van der Waals surface area (Å²) in [5.74, 6) is 0.984. The first-order valence-corrected chi connectivity index (χ1v) is 9.11. The van der Waals surface area contributed by atoms with Crippen molar-refractivity contribution in [2.75, 3.05) is 6.54 Å². The molecule has 1 atom stereocenters. The van der Waals surface area contributed by atoms with E-state index < -0.39 is 0 Å². The van der Waals surface area contributed by atoms with E-state index >= 15 is 0 Å². The molecule has 2 rings (SSSR count). The minimum atomic E-state index is 0.257. The van der Waals surface area contributed by atoms with Gasteiger partial charge in [0, 0.05) is 29.7 Å². The lowest BCUT2D eigenvalue weighted by Gasteiger charge is -2.13. The van der Waals surface area contributed by atoms with Crippen LogP contribution in [-0.4, -0.2) is 17.2 Å². The first-order valence-electron chi connectivity index (χ1n) is 9.11. The Bertz CT molecular complexity index is 630. The molecule has 1 aromatic heterocycles. The van der Waals surface area contributed by atoms with E-state index in [2.05, 4.69) is 62.7 Å². The Morgan fingerprint density at radius 1 is 1.22 bits per heavy atom. The van der Waals surface area contributed by atoms with Crippen molar-refractivity contribution in [1.82, 2.24) is 9.88 Å². The summed E-state index contributed by atoms with van der Waals surface area (Å²) in [5, 5.41) is 4.82. The number of nitrogens with zero attached hydrogens (tertiary/aromatic N) is 1. The Hall–Kier alpha value is -1.48. The minimum Gasteiger partial charge on any atom is -0.491 e. The summed E-state index contributed by atoms with van der Waals surface area (Å²) in [6.45, 7) is 13.9. The van der Waals surface area contributed by atoms with Crippen LogP contribution in [0.4, 0.5) is 0 Å². The molecule has 0 fully saturated rings. The van der Waals surface area contributed by atoms with Crippen LogP contribution in [0, 0.1) is 6.92 Å². The largest absolute Gasteiger partial charge is 0.491 e. The van der Waals surface area contributed by atoms with Crippen LogP contribution in [0.15, 0.2) is 18.2 Å². The fraction of sp³-hybridized carbons (Fsp3) is 0.600. The number of aryl methyl sites for hydroxylation is 1. The third-order valence-electron chi connectivity index (χ3n) is 4.62. The number of hydrogen-bond acceptors (Lipinski definition) is 2. The number of rotatable bonds is 9. The molecule has 0 radical (unpaired) electrons. The quantitative estimate of drug-likeness (QED) is 0.701. The molecule has 0 aliphatic heterocycles. The Morgan fingerprint density at radius 3 is 2.65 bits per heavy atom. The highest BCUT2D eigenvalue weighted by atomic mass is 16.5. The molecule has 3 heteroatoms. The van der Waals surface area contributed by atoms with Gasteiger partial charge in [0.15, 0.2) is 0 Å². The fourth-order valence-corrected chi connectivity index (χ4v) is 3.00. The van der Waals surface area contributed by atoms with Gasteiger partial charge in [0.25, 0.3) is 0 Å². The molecule has 0 unspecified atom stereocenters. The van der Waals surface area contributed by atoms with Crippen molar-refractivity contribution in [1.29, 1.82) is 0 Å². The summed E-state index contributed by atoms with van der Waals surface area (Å²) in [4.78, 5) is 0. The maximum Gasteiger partial charge on any atom is 0.120 e. The van der Waals surface area contributed by atoms with Crippen molar-refractivity contribution in [3.05, 3.63) is 29.5 Å². The Kier molecular flexibility index (Phi) is 6.52. The average molecular weight is 316 g/mol. The Labute approximate surface area is 141 Å². The third-order valence-corrected chi connectivity index (χ3v) is 4.62. The molecule has 0 aliphatic carbocycles. The molecule has 3 nitrogen and oxygen atoms in total. The molecule has 1 N–H and O–H groups in total. The smallest absolute Gasteiger partial charge is 0.120 e. The first kappa shape index (κ1) is 17.9. The van der Waals surface area contributed by atoms with Crippen molar-refractivity contribution >= 4 is 10.9 Å². The highest BCUT2D eigenvalue weighted by molar-refractivity contribution is 5.87. The topological polar surface area (TPSA) is 26.2 Å². The average Bonchev–Trinajstić information content (AvgIpc) is 2.81. The number of benzene rings is 1. The standard InChI is InChI=1S/C20H32N2O/c1-6-9-12-22-16(5)19(14-21-8-3)18-13-17(10-11-20(18)22)23-15(4)7-2/h10-11,13,15,21H,6-9,12,14H2,1-5H3/t15-/m0/s1. The van der Waals surface area contributed by atoms with E-state index in [0.717, 1.165) is 31.8 Å². The molecule has 128 valence electrons. The van der Waals surface area contributed by atoms with Crippen molar-refractivity contribution in [2.45, 2.75) is 73.1 Å². The van der Waals surface area contributed by atoms with Gasteiger partial charge in [0.05, 0.1) is 6.10 Å². The fourth-order valence-electron chi connectivity index (χ4n) is 3.00. The van der Waals surface area contributed by atoms with Gasteiger partial charge in [-0.05, 0) is 57.0 Å². The van der Waals surface area contributed by atoms with Gasteiger partial charge in [-0.3, -0.25) is 0 Å². The van der Waals surface area contributed by atoms with Gasteiger partial charge in [-0.1, -0.05) is 27.2 Å². The number of fused-ring (bicyclic) bond motifs is 1. The second-order valence-corrected chi connectivity index (χ2v) is 6.37. The normalized spacial score (nSPS) is 12.7. The Balaban J connectivity index is 2.45. The molecular weight excluding hydrogens is 284 g/mol. The van der Waals surface area contributed by atoms with Gasteiger partial charge >= 0.3 is 0 Å². The van der Waals surface area contributed by atoms with Crippen LogP contribution in [0.3, 0.4) is 0 Å². The zero-order valence-electron chi connectivity index (χ0n) is 15.4. The predicted molar refractivity (Wildman–Crippen MR) is 99.3 cm³/mol. The molecule has 0 aliphatic rings. The molecule has 0 amide bonds. The third kappa shape index (κ3) is 4.08. The van der Waals surface area contributed by atoms with E-state index in [1.54, 1.807) is 0 Å². The summed E-state index contributed by atoms with van der Waals surface area (Å²) >= 11 is 0. The van der Waals surface area contributed by atoms with Crippen molar-refractivity contribution < 1.29 is 4.74 Å². The monoisotopic (exact) mass is 316 g/mol. The van der Waals surface area contributed by atoms with Crippen LogP contribution < -0.4 is 10.1 Å². The minimum absolute atomic E-state index is 0.257. The lowest BCUT2D eigenvalue weighted by atomic mass is 10.1. The van der Waals surface area contributed by atoms with Gasteiger partial charge < -0.3 is 14.6 Å². The van der Waals surface area contributed by atoms with E-state index in [4.69, 9.17) is 4.74 Å². The molecule has 2 aromatic rings. The molecule has 1 heterocycles. The lowest BCUT2D eigenvalue weighted by Crippen LogP contribution is -2.13. The van der Waals surface area contributed by atoms with Crippen molar-refractivity contribution in [3.8, 4) is 5.75 Å². The van der Waals surface area contributed by atoms with Gasteiger partial charge in [0.2, 0.25) is 0 Å². The highest BCUT2D eigenvalue weighted by Crippen LogP contribution is 2.30. The van der Waals surface area contributed by atoms with Crippen LogP contribution in [0.2, 0.25) is 0 Å². The van der Waals surface area contributed by atoms with E-state index in [0.29, 0.717) is 0 Å². The molecule has 0 saturated heterocycles. The Morgan fingerprint density at radius 2 is 2.00 bits per heavy atom.